The second-order valence-electron chi connectivity index (χ2n) is 9.61. The van der Waals surface area contributed by atoms with Gasteiger partial charge in [-0.3, -0.25) is 4.79 Å². The molecule has 6 nitrogen and oxygen atoms in total. The minimum atomic E-state index is -0.856. The van der Waals surface area contributed by atoms with Crippen LogP contribution in [-0.2, 0) is 35.9 Å². The molecule has 0 bridgehead atoms. The Hall–Kier alpha value is -3.97. The third-order valence-electron chi connectivity index (χ3n) is 6.78. The summed E-state index contributed by atoms with van der Waals surface area (Å²) in [6.07, 6.45) is 0.307. The zero-order valence-corrected chi connectivity index (χ0v) is 23.7. The van der Waals surface area contributed by atoms with Gasteiger partial charge in [-0.25, -0.2) is 0 Å². The molecule has 0 N–H and O–H groups in total. The van der Waals surface area contributed by atoms with Gasteiger partial charge in [0.2, 0.25) is 0 Å². The molecule has 0 saturated heterocycles. The summed E-state index contributed by atoms with van der Waals surface area (Å²) in [6.45, 7) is 3.09. The Bertz CT molecular complexity index is 1200. The molecule has 4 aromatic carbocycles. The second-order valence-corrected chi connectivity index (χ2v) is 9.61. The van der Waals surface area contributed by atoms with Crippen molar-refractivity contribution in [2.75, 3.05) is 33.5 Å². The second kappa shape index (κ2) is 15.7. The molecule has 0 saturated carbocycles. The number of esters is 1. The third kappa shape index (κ3) is 8.51. The van der Waals surface area contributed by atoms with Crippen LogP contribution in [-0.4, -0.2) is 45.6 Å². The normalized spacial score (nSPS) is 12.0. The SMILES string of the molecule is COc1ccc(COCC[C@@H](COC(c2ccccc2)(c2ccccc2)c2ccccc2)OCCOC(C)=O)cc1. The van der Waals surface area contributed by atoms with Crippen molar-refractivity contribution in [3.05, 3.63) is 138 Å². The fourth-order valence-electron chi connectivity index (χ4n) is 4.73. The van der Waals surface area contributed by atoms with Gasteiger partial charge in [0.15, 0.2) is 0 Å². The zero-order chi connectivity index (χ0) is 28.8. The minimum absolute atomic E-state index is 0.180. The molecule has 0 amide bonds. The molecular formula is C35H38O6. The average molecular weight is 555 g/mol. The molecular weight excluding hydrogens is 516 g/mol. The Morgan fingerprint density at radius 2 is 1.24 bits per heavy atom. The monoisotopic (exact) mass is 554 g/mol. The van der Waals surface area contributed by atoms with E-state index in [1.807, 2.05) is 78.9 Å². The first-order chi connectivity index (χ1) is 20.1. The van der Waals surface area contributed by atoms with E-state index in [2.05, 4.69) is 36.4 Å². The van der Waals surface area contributed by atoms with Gasteiger partial charge in [0.1, 0.15) is 18.0 Å². The van der Waals surface area contributed by atoms with Gasteiger partial charge in [0.25, 0.3) is 0 Å². The van der Waals surface area contributed by atoms with Crippen molar-refractivity contribution in [3.63, 3.8) is 0 Å². The molecule has 1 atom stereocenters. The maximum atomic E-state index is 11.3. The topological polar surface area (TPSA) is 63.2 Å². The van der Waals surface area contributed by atoms with Crippen LogP contribution in [0, 0.1) is 0 Å². The molecule has 214 valence electrons. The fourth-order valence-corrected chi connectivity index (χ4v) is 4.73. The quantitative estimate of drug-likeness (QED) is 0.0888. The van der Waals surface area contributed by atoms with Crippen molar-refractivity contribution < 1.29 is 28.5 Å². The van der Waals surface area contributed by atoms with Crippen LogP contribution in [0.25, 0.3) is 0 Å². The smallest absolute Gasteiger partial charge is 0.302 e. The summed E-state index contributed by atoms with van der Waals surface area (Å²) < 4.78 is 29.5. The van der Waals surface area contributed by atoms with Crippen molar-refractivity contribution in [2.45, 2.75) is 31.7 Å². The lowest BCUT2D eigenvalue weighted by Crippen LogP contribution is -2.37. The Morgan fingerprint density at radius 1 is 0.707 bits per heavy atom. The van der Waals surface area contributed by atoms with Crippen LogP contribution >= 0.6 is 0 Å². The van der Waals surface area contributed by atoms with Crippen LogP contribution in [0.1, 0.15) is 35.6 Å². The van der Waals surface area contributed by atoms with Crippen LogP contribution in [0.5, 0.6) is 5.75 Å². The summed E-state index contributed by atoms with van der Waals surface area (Å²) in [5.74, 6) is 0.478. The highest BCUT2D eigenvalue weighted by Gasteiger charge is 2.38. The first kappa shape index (κ1) is 30.0. The van der Waals surface area contributed by atoms with Gasteiger partial charge in [0.05, 0.1) is 33.0 Å². The van der Waals surface area contributed by atoms with Gasteiger partial charge in [-0.15, -0.1) is 0 Å². The van der Waals surface area contributed by atoms with E-state index in [9.17, 15) is 4.79 Å². The number of ether oxygens (including phenoxy) is 5. The molecule has 0 aliphatic carbocycles. The van der Waals surface area contributed by atoms with Crippen molar-refractivity contribution in [2.24, 2.45) is 0 Å². The van der Waals surface area contributed by atoms with E-state index >= 15 is 0 Å². The van der Waals surface area contributed by atoms with Crippen molar-refractivity contribution >= 4 is 5.97 Å². The lowest BCUT2D eigenvalue weighted by molar-refractivity contribution is -0.144. The van der Waals surface area contributed by atoms with Crippen molar-refractivity contribution in [1.82, 2.24) is 0 Å². The summed E-state index contributed by atoms with van der Waals surface area (Å²) in [6, 6.07) is 38.5. The Balaban J connectivity index is 1.53. The van der Waals surface area contributed by atoms with Crippen LogP contribution in [0.3, 0.4) is 0 Å². The van der Waals surface area contributed by atoms with Gasteiger partial charge in [-0.05, 0) is 40.8 Å². The molecule has 0 aliphatic rings. The van der Waals surface area contributed by atoms with Gasteiger partial charge in [0, 0.05) is 13.5 Å². The standard InChI is InChI=1S/C35H38O6/c1-28(36)39-24-25-40-34(22-23-38-26-29-18-20-33(37-2)21-19-29)27-41-35(30-12-6-3-7-13-30,31-14-8-4-9-15-31)32-16-10-5-11-17-32/h3-21,34H,22-27H2,1-2H3/t34-/m0/s1. The fraction of sp³-hybridized carbons (Fsp3) is 0.286. The predicted molar refractivity (Wildman–Crippen MR) is 159 cm³/mol. The molecule has 0 aliphatic heterocycles. The van der Waals surface area contributed by atoms with Gasteiger partial charge in [-0.1, -0.05) is 103 Å². The van der Waals surface area contributed by atoms with E-state index in [4.69, 9.17) is 23.7 Å². The molecule has 4 aromatic rings. The first-order valence-corrected chi connectivity index (χ1v) is 13.9. The van der Waals surface area contributed by atoms with E-state index in [-0.39, 0.29) is 25.3 Å². The maximum absolute atomic E-state index is 11.3. The van der Waals surface area contributed by atoms with E-state index < -0.39 is 5.60 Å². The molecule has 0 unspecified atom stereocenters. The predicted octanol–water partition coefficient (Wildman–Crippen LogP) is 6.56. The average Bonchev–Trinajstić information content (AvgIpc) is 3.03. The van der Waals surface area contributed by atoms with Gasteiger partial charge in [-0.2, -0.15) is 0 Å². The minimum Gasteiger partial charge on any atom is -0.497 e. The Kier molecular flexibility index (Phi) is 11.5. The number of benzene rings is 4. The highest BCUT2D eigenvalue weighted by Crippen LogP contribution is 2.40. The number of carbonyl (C=O) groups is 1. The van der Waals surface area contributed by atoms with E-state index in [0.29, 0.717) is 26.2 Å². The molecule has 0 aromatic heterocycles. The summed E-state index contributed by atoms with van der Waals surface area (Å²) in [7, 11) is 1.65. The number of carbonyl (C=O) groups excluding carboxylic acids is 1. The maximum Gasteiger partial charge on any atom is 0.302 e. The molecule has 0 heterocycles. The molecule has 0 spiro atoms. The van der Waals surface area contributed by atoms with Crippen LogP contribution in [0.4, 0.5) is 0 Å². The molecule has 4 rings (SSSR count). The van der Waals surface area contributed by atoms with Crippen molar-refractivity contribution in [3.8, 4) is 5.75 Å². The highest BCUT2D eigenvalue weighted by molar-refractivity contribution is 5.65. The van der Waals surface area contributed by atoms with E-state index in [0.717, 1.165) is 28.0 Å². The highest BCUT2D eigenvalue weighted by atomic mass is 16.6. The van der Waals surface area contributed by atoms with E-state index in [1.165, 1.54) is 6.92 Å². The number of hydrogen-bond acceptors (Lipinski definition) is 6. The number of hydrogen-bond donors (Lipinski definition) is 0. The van der Waals surface area contributed by atoms with Crippen molar-refractivity contribution in [1.29, 1.82) is 0 Å². The lowest BCUT2D eigenvalue weighted by atomic mass is 9.80. The third-order valence-corrected chi connectivity index (χ3v) is 6.78. The largest absolute Gasteiger partial charge is 0.497 e. The number of methoxy groups -OCH3 is 1. The summed E-state index contributed by atoms with van der Waals surface area (Å²) in [5.41, 5.74) is 3.27. The van der Waals surface area contributed by atoms with E-state index in [1.54, 1.807) is 7.11 Å². The van der Waals surface area contributed by atoms with Gasteiger partial charge < -0.3 is 23.7 Å². The van der Waals surface area contributed by atoms with Crippen LogP contribution in [0.15, 0.2) is 115 Å². The Labute approximate surface area is 242 Å². The first-order valence-electron chi connectivity index (χ1n) is 13.9. The van der Waals surface area contributed by atoms with Crippen LogP contribution < -0.4 is 4.74 Å². The van der Waals surface area contributed by atoms with Gasteiger partial charge >= 0.3 is 5.97 Å². The zero-order valence-electron chi connectivity index (χ0n) is 23.7. The number of rotatable bonds is 16. The summed E-state index contributed by atoms with van der Waals surface area (Å²) in [5, 5.41) is 0. The van der Waals surface area contributed by atoms with Crippen LogP contribution in [0.2, 0.25) is 0 Å². The summed E-state index contributed by atoms with van der Waals surface area (Å²) >= 11 is 0. The molecule has 0 fully saturated rings. The summed E-state index contributed by atoms with van der Waals surface area (Å²) in [4.78, 5) is 11.3. The Morgan fingerprint density at radius 3 is 1.73 bits per heavy atom. The molecule has 6 heteroatoms. The lowest BCUT2D eigenvalue weighted by Gasteiger charge is -2.37. The molecule has 0 radical (unpaired) electrons. The molecule has 41 heavy (non-hydrogen) atoms.